The molecule has 1 heterocycles. The van der Waals surface area contributed by atoms with Crippen molar-refractivity contribution in [2.45, 2.75) is 19.4 Å². The summed E-state index contributed by atoms with van der Waals surface area (Å²) in [6, 6.07) is 6.90. The maximum absolute atomic E-state index is 12.4. The number of thiocarbonyl (C=S) groups is 1. The second-order valence-corrected chi connectivity index (χ2v) is 6.72. The van der Waals surface area contributed by atoms with Gasteiger partial charge in [0.25, 0.3) is 5.91 Å². The van der Waals surface area contributed by atoms with Gasteiger partial charge in [0.2, 0.25) is 0 Å². The molecule has 0 bridgehead atoms. The SMILES string of the molecule is CC(Oc1ccccc1/C=C1\SC(=S)N(CCCO)C1=O)C(=O)O. The van der Waals surface area contributed by atoms with Crippen molar-refractivity contribution in [3.63, 3.8) is 0 Å². The molecule has 2 N–H and O–H groups in total. The summed E-state index contributed by atoms with van der Waals surface area (Å²) < 4.78 is 5.87. The first-order valence-electron chi connectivity index (χ1n) is 7.28. The van der Waals surface area contributed by atoms with Gasteiger partial charge in [0, 0.05) is 18.7 Å². The summed E-state index contributed by atoms with van der Waals surface area (Å²) in [6.45, 7) is 1.79. The Morgan fingerprint density at radius 1 is 1.46 bits per heavy atom. The number of carbonyl (C=O) groups is 2. The number of para-hydroxylation sites is 1. The lowest BCUT2D eigenvalue weighted by atomic mass is 10.1. The molecule has 6 nitrogen and oxygen atoms in total. The summed E-state index contributed by atoms with van der Waals surface area (Å²) in [6.07, 6.45) is 1.09. The van der Waals surface area contributed by atoms with Crippen molar-refractivity contribution >= 4 is 46.3 Å². The summed E-state index contributed by atoms with van der Waals surface area (Å²) in [5, 5.41) is 17.9. The second-order valence-electron chi connectivity index (χ2n) is 5.05. The van der Waals surface area contributed by atoms with E-state index in [0.717, 1.165) is 0 Å². The number of aliphatic hydroxyl groups is 1. The fraction of sp³-hybridized carbons (Fsp3) is 0.312. The lowest BCUT2D eigenvalue weighted by Gasteiger charge is -2.13. The summed E-state index contributed by atoms with van der Waals surface area (Å²) in [5.41, 5.74) is 0.605. The zero-order valence-electron chi connectivity index (χ0n) is 13.0. The third-order valence-corrected chi connectivity index (χ3v) is 4.65. The van der Waals surface area contributed by atoms with E-state index in [1.807, 2.05) is 0 Å². The van der Waals surface area contributed by atoms with E-state index in [2.05, 4.69) is 0 Å². The van der Waals surface area contributed by atoms with Crippen LogP contribution < -0.4 is 4.74 Å². The van der Waals surface area contributed by atoms with Gasteiger partial charge in [-0.05, 0) is 25.5 Å². The zero-order valence-corrected chi connectivity index (χ0v) is 14.6. The lowest BCUT2D eigenvalue weighted by Crippen LogP contribution is -2.29. The van der Waals surface area contributed by atoms with E-state index >= 15 is 0 Å². The van der Waals surface area contributed by atoms with E-state index in [0.29, 0.717) is 33.5 Å². The number of rotatable bonds is 7. The van der Waals surface area contributed by atoms with Crippen LogP contribution in [0.1, 0.15) is 18.9 Å². The van der Waals surface area contributed by atoms with Gasteiger partial charge < -0.3 is 14.9 Å². The standard InChI is InChI=1S/C16H17NO5S2/c1-10(15(20)21)22-12-6-3-2-5-11(12)9-13-14(19)17(7-4-8-18)16(23)24-13/h2-3,5-6,9-10,18H,4,7-8H2,1H3,(H,20,21)/b13-9-. The number of hydrogen-bond donors (Lipinski definition) is 2. The number of carboxylic acids is 1. The summed E-state index contributed by atoms with van der Waals surface area (Å²) in [7, 11) is 0. The maximum Gasteiger partial charge on any atom is 0.344 e. The van der Waals surface area contributed by atoms with Crippen LogP contribution in [0.4, 0.5) is 0 Å². The molecule has 2 rings (SSSR count). The molecule has 8 heteroatoms. The summed E-state index contributed by atoms with van der Waals surface area (Å²) in [5.74, 6) is -0.910. The Balaban J connectivity index is 2.24. The van der Waals surface area contributed by atoms with E-state index in [4.69, 9.17) is 27.2 Å². The minimum absolute atomic E-state index is 0.0140. The molecule has 0 aromatic heterocycles. The van der Waals surface area contributed by atoms with Crippen LogP contribution in [0, 0.1) is 0 Å². The molecule has 1 amide bonds. The van der Waals surface area contributed by atoms with Gasteiger partial charge in [0.15, 0.2) is 6.10 Å². The third-order valence-electron chi connectivity index (χ3n) is 3.27. The van der Waals surface area contributed by atoms with Crippen LogP contribution in [0.5, 0.6) is 5.75 Å². The first kappa shape index (κ1) is 18.4. The van der Waals surface area contributed by atoms with Crippen molar-refractivity contribution in [3.05, 3.63) is 34.7 Å². The van der Waals surface area contributed by atoms with Gasteiger partial charge in [0.1, 0.15) is 10.1 Å². The van der Waals surface area contributed by atoms with E-state index in [-0.39, 0.29) is 12.5 Å². The topological polar surface area (TPSA) is 87.1 Å². The van der Waals surface area contributed by atoms with E-state index in [1.54, 1.807) is 30.3 Å². The molecule has 1 saturated heterocycles. The highest BCUT2D eigenvalue weighted by Crippen LogP contribution is 2.34. The van der Waals surface area contributed by atoms with Crippen molar-refractivity contribution in [2.75, 3.05) is 13.2 Å². The molecule has 0 saturated carbocycles. The highest BCUT2D eigenvalue weighted by atomic mass is 32.2. The number of hydrogen-bond acceptors (Lipinski definition) is 6. The monoisotopic (exact) mass is 367 g/mol. The molecule has 1 aromatic carbocycles. The lowest BCUT2D eigenvalue weighted by molar-refractivity contribution is -0.144. The number of benzene rings is 1. The van der Waals surface area contributed by atoms with Crippen LogP contribution in [0.15, 0.2) is 29.2 Å². The molecular weight excluding hydrogens is 350 g/mol. The van der Waals surface area contributed by atoms with Crippen LogP contribution >= 0.6 is 24.0 Å². The molecule has 1 aliphatic heterocycles. The van der Waals surface area contributed by atoms with Gasteiger partial charge in [-0.1, -0.05) is 42.2 Å². The predicted molar refractivity (Wildman–Crippen MR) is 95.7 cm³/mol. The fourth-order valence-corrected chi connectivity index (χ4v) is 3.31. The highest BCUT2D eigenvalue weighted by molar-refractivity contribution is 8.26. The number of carboxylic acid groups (broad SMARTS) is 1. The minimum atomic E-state index is -1.07. The van der Waals surface area contributed by atoms with Gasteiger partial charge in [-0.15, -0.1) is 0 Å². The molecule has 1 fully saturated rings. The van der Waals surface area contributed by atoms with Gasteiger partial charge in [-0.25, -0.2) is 4.79 Å². The Kier molecular flexibility index (Phi) is 6.36. The quantitative estimate of drug-likeness (QED) is 0.564. The van der Waals surface area contributed by atoms with Crippen LogP contribution in [0.2, 0.25) is 0 Å². The number of thioether (sulfide) groups is 1. The Bertz CT molecular complexity index is 689. The van der Waals surface area contributed by atoms with Gasteiger partial charge in [-0.3, -0.25) is 9.69 Å². The van der Waals surface area contributed by atoms with Crippen LogP contribution in [-0.4, -0.2) is 50.6 Å². The smallest absolute Gasteiger partial charge is 0.344 e. The molecule has 1 unspecified atom stereocenters. The van der Waals surface area contributed by atoms with E-state index in [1.165, 1.54) is 23.6 Å². The number of aliphatic carboxylic acids is 1. The third kappa shape index (κ3) is 4.34. The van der Waals surface area contributed by atoms with Crippen molar-refractivity contribution < 1.29 is 24.5 Å². The highest BCUT2D eigenvalue weighted by Gasteiger charge is 2.31. The number of carbonyl (C=O) groups excluding carboxylic acids is 1. The largest absolute Gasteiger partial charge is 0.479 e. The molecule has 1 aromatic rings. The number of nitrogens with zero attached hydrogens (tertiary/aromatic N) is 1. The molecule has 0 radical (unpaired) electrons. The van der Waals surface area contributed by atoms with Gasteiger partial charge >= 0.3 is 5.97 Å². The molecular formula is C16H17NO5S2. The Morgan fingerprint density at radius 2 is 2.17 bits per heavy atom. The average molecular weight is 367 g/mol. The van der Waals surface area contributed by atoms with Crippen LogP contribution in [-0.2, 0) is 9.59 Å². The molecule has 128 valence electrons. The maximum atomic E-state index is 12.4. The van der Waals surface area contributed by atoms with Crippen molar-refractivity contribution in [1.82, 2.24) is 4.90 Å². The molecule has 0 aliphatic carbocycles. The van der Waals surface area contributed by atoms with Crippen LogP contribution in [0.25, 0.3) is 6.08 Å². The van der Waals surface area contributed by atoms with Crippen LogP contribution in [0.3, 0.4) is 0 Å². The van der Waals surface area contributed by atoms with E-state index < -0.39 is 12.1 Å². The molecule has 1 aliphatic rings. The minimum Gasteiger partial charge on any atom is -0.479 e. The second kappa shape index (κ2) is 8.27. The van der Waals surface area contributed by atoms with Gasteiger partial charge in [-0.2, -0.15) is 0 Å². The van der Waals surface area contributed by atoms with Gasteiger partial charge in [0.05, 0.1) is 4.91 Å². The predicted octanol–water partition coefficient (Wildman–Crippen LogP) is 2.12. The normalized spacial score (nSPS) is 17.4. The first-order chi connectivity index (χ1) is 11.4. The molecule has 0 spiro atoms. The van der Waals surface area contributed by atoms with E-state index in [9.17, 15) is 9.59 Å². The Morgan fingerprint density at radius 3 is 2.83 bits per heavy atom. The summed E-state index contributed by atoms with van der Waals surface area (Å²) in [4.78, 5) is 25.2. The average Bonchev–Trinajstić information content (AvgIpc) is 2.81. The fourth-order valence-electron chi connectivity index (χ4n) is 2.01. The summed E-state index contributed by atoms with van der Waals surface area (Å²) >= 11 is 6.37. The first-order valence-corrected chi connectivity index (χ1v) is 8.51. The number of ether oxygens (including phenoxy) is 1. The zero-order chi connectivity index (χ0) is 17.7. The Labute approximate surface area is 149 Å². The number of aliphatic hydroxyl groups excluding tert-OH is 1. The number of amides is 1. The molecule has 1 atom stereocenters. The van der Waals surface area contributed by atoms with Crippen molar-refractivity contribution in [2.24, 2.45) is 0 Å². The molecule has 24 heavy (non-hydrogen) atoms. The van der Waals surface area contributed by atoms with Crippen molar-refractivity contribution in [3.8, 4) is 5.75 Å². The Hall–Kier alpha value is -1.90. The van der Waals surface area contributed by atoms with Crippen molar-refractivity contribution in [1.29, 1.82) is 0 Å².